The third-order valence-electron chi connectivity index (χ3n) is 3.37. The first-order chi connectivity index (χ1) is 9.32. The highest BCUT2D eigenvalue weighted by Crippen LogP contribution is 2.34. The van der Waals surface area contributed by atoms with Crippen molar-refractivity contribution in [3.63, 3.8) is 0 Å². The van der Waals surface area contributed by atoms with Gasteiger partial charge in [-0.05, 0) is 37.0 Å². The zero-order valence-electron chi connectivity index (χ0n) is 10.9. The van der Waals surface area contributed by atoms with E-state index in [1.54, 1.807) is 0 Å². The van der Waals surface area contributed by atoms with Gasteiger partial charge in [0.1, 0.15) is 5.82 Å². The number of nitrogens with one attached hydrogen (secondary N) is 1. The molecular weight excluding hydrogens is 305 g/mol. The van der Waals surface area contributed by atoms with Gasteiger partial charge in [0.15, 0.2) is 0 Å². The van der Waals surface area contributed by atoms with E-state index in [0.717, 1.165) is 37.5 Å². The van der Waals surface area contributed by atoms with Gasteiger partial charge in [0.2, 0.25) is 0 Å². The van der Waals surface area contributed by atoms with E-state index in [-0.39, 0.29) is 16.5 Å². The van der Waals surface area contributed by atoms with E-state index in [2.05, 4.69) is 12.2 Å². The Morgan fingerprint density at radius 2 is 2.20 bits per heavy atom. The summed E-state index contributed by atoms with van der Waals surface area (Å²) in [5, 5.41) is 2.74. The summed E-state index contributed by atoms with van der Waals surface area (Å²) in [6, 6.07) is 3.11. The van der Waals surface area contributed by atoms with Crippen molar-refractivity contribution in [2.45, 2.75) is 37.1 Å². The van der Waals surface area contributed by atoms with Gasteiger partial charge in [-0.25, -0.2) is 12.8 Å². The molecule has 4 nitrogen and oxygen atoms in total. The maximum atomic E-state index is 13.8. The Hall–Kier alpha value is -1.14. The predicted octanol–water partition coefficient (Wildman–Crippen LogP) is 2.67. The topological polar surface area (TPSA) is 63.2 Å². The van der Waals surface area contributed by atoms with E-state index in [1.807, 2.05) is 0 Å². The maximum absolute atomic E-state index is 13.8. The Labute approximate surface area is 121 Å². The Morgan fingerprint density at radius 3 is 2.75 bits per heavy atom. The van der Waals surface area contributed by atoms with Crippen LogP contribution in [0.15, 0.2) is 23.1 Å². The average Bonchev–Trinajstić information content (AvgIpc) is 3.06. The van der Waals surface area contributed by atoms with Gasteiger partial charge in [0, 0.05) is 16.7 Å². The number of hydrogen-bond donors (Lipinski definition) is 1. The van der Waals surface area contributed by atoms with E-state index in [1.165, 1.54) is 0 Å². The lowest BCUT2D eigenvalue weighted by Gasteiger charge is -2.06. The summed E-state index contributed by atoms with van der Waals surface area (Å²) in [5.41, 5.74) is -0.170. The summed E-state index contributed by atoms with van der Waals surface area (Å²) in [7, 11) is 1.12. The van der Waals surface area contributed by atoms with E-state index >= 15 is 0 Å². The average molecular weight is 320 g/mol. The van der Waals surface area contributed by atoms with Gasteiger partial charge in [-0.15, -0.1) is 0 Å². The second-order valence-electron chi connectivity index (χ2n) is 4.94. The Bertz CT molecular complexity index is 633. The predicted molar refractivity (Wildman–Crippen MR) is 73.7 cm³/mol. The van der Waals surface area contributed by atoms with Crippen LogP contribution in [0.4, 0.5) is 4.39 Å². The van der Waals surface area contributed by atoms with Crippen molar-refractivity contribution in [3.8, 4) is 0 Å². The van der Waals surface area contributed by atoms with Crippen molar-refractivity contribution < 1.29 is 17.6 Å². The van der Waals surface area contributed by atoms with Crippen LogP contribution in [0.2, 0.25) is 0 Å². The molecule has 20 heavy (non-hydrogen) atoms. The van der Waals surface area contributed by atoms with Crippen LogP contribution in [0, 0.1) is 11.7 Å². The zero-order chi connectivity index (χ0) is 14.9. The molecule has 0 spiro atoms. The molecule has 1 amide bonds. The highest BCUT2D eigenvalue weighted by molar-refractivity contribution is 8.13. The van der Waals surface area contributed by atoms with Gasteiger partial charge in [0.25, 0.3) is 15.0 Å². The molecule has 2 unspecified atom stereocenters. The smallest absolute Gasteiger partial charge is 0.261 e. The van der Waals surface area contributed by atoms with Gasteiger partial charge in [-0.2, -0.15) is 0 Å². The summed E-state index contributed by atoms with van der Waals surface area (Å²) in [6.07, 6.45) is 3.00. The van der Waals surface area contributed by atoms with Gasteiger partial charge in [0.05, 0.1) is 10.5 Å². The number of amides is 1. The molecule has 1 fully saturated rings. The molecule has 1 aromatic carbocycles. The van der Waals surface area contributed by atoms with Crippen molar-refractivity contribution in [3.05, 3.63) is 29.6 Å². The molecule has 0 radical (unpaired) electrons. The van der Waals surface area contributed by atoms with Gasteiger partial charge < -0.3 is 5.32 Å². The fourth-order valence-electron chi connectivity index (χ4n) is 2.19. The van der Waals surface area contributed by atoms with Gasteiger partial charge in [-0.3, -0.25) is 4.79 Å². The minimum Gasteiger partial charge on any atom is -0.349 e. The SMILES string of the molecule is CCCC1CC1NC(=O)c1ccc(S(=O)(=O)Cl)cc1F. The molecule has 0 heterocycles. The van der Waals surface area contributed by atoms with Crippen LogP contribution in [0.1, 0.15) is 36.5 Å². The first kappa shape index (κ1) is 15.3. The highest BCUT2D eigenvalue weighted by atomic mass is 35.7. The minimum atomic E-state index is -3.99. The second-order valence-corrected chi connectivity index (χ2v) is 7.51. The standard InChI is InChI=1S/C13H15ClFNO3S/c1-2-3-8-6-12(8)16-13(17)10-5-4-9(7-11(10)15)20(14,18)19/h4-5,7-8,12H,2-3,6H2,1H3,(H,16,17). The highest BCUT2D eigenvalue weighted by Gasteiger charge is 2.37. The van der Waals surface area contributed by atoms with Crippen LogP contribution < -0.4 is 5.32 Å². The molecule has 1 N–H and O–H groups in total. The maximum Gasteiger partial charge on any atom is 0.261 e. The fraction of sp³-hybridized carbons (Fsp3) is 0.462. The van der Waals surface area contributed by atoms with Crippen LogP contribution >= 0.6 is 10.7 Å². The molecule has 2 rings (SSSR count). The zero-order valence-corrected chi connectivity index (χ0v) is 12.5. The van der Waals surface area contributed by atoms with Crippen molar-refractivity contribution in [1.82, 2.24) is 5.32 Å². The van der Waals surface area contributed by atoms with Crippen LogP contribution in [0.3, 0.4) is 0 Å². The summed E-state index contributed by atoms with van der Waals surface area (Å²) < 4.78 is 35.9. The monoisotopic (exact) mass is 319 g/mol. The molecule has 1 aliphatic rings. The molecule has 0 saturated heterocycles. The van der Waals surface area contributed by atoms with Gasteiger partial charge in [-0.1, -0.05) is 13.3 Å². The molecule has 1 saturated carbocycles. The lowest BCUT2D eigenvalue weighted by atomic mass is 10.2. The number of benzene rings is 1. The third kappa shape index (κ3) is 3.49. The van der Waals surface area contributed by atoms with E-state index in [9.17, 15) is 17.6 Å². The number of carbonyl (C=O) groups excluding carboxylic acids is 1. The lowest BCUT2D eigenvalue weighted by Crippen LogP contribution is -2.27. The molecule has 1 aliphatic carbocycles. The quantitative estimate of drug-likeness (QED) is 0.849. The van der Waals surface area contributed by atoms with Crippen molar-refractivity contribution in [2.24, 2.45) is 5.92 Å². The molecule has 110 valence electrons. The minimum absolute atomic E-state index is 0.0956. The third-order valence-corrected chi connectivity index (χ3v) is 4.72. The van der Waals surface area contributed by atoms with Crippen molar-refractivity contribution in [2.75, 3.05) is 0 Å². The second kappa shape index (κ2) is 5.69. The largest absolute Gasteiger partial charge is 0.349 e. The number of hydrogen-bond acceptors (Lipinski definition) is 3. The number of carbonyl (C=O) groups is 1. The molecule has 1 aromatic rings. The van der Waals surface area contributed by atoms with E-state index < -0.39 is 20.8 Å². The number of halogens is 2. The first-order valence-electron chi connectivity index (χ1n) is 6.38. The molecule has 0 aliphatic heterocycles. The van der Waals surface area contributed by atoms with Crippen LogP contribution in [-0.2, 0) is 9.05 Å². The van der Waals surface area contributed by atoms with Crippen molar-refractivity contribution in [1.29, 1.82) is 0 Å². The summed E-state index contributed by atoms with van der Waals surface area (Å²) >= 11 is 0. The molecular formula is C13H15ClFNO3S. The normalized spacial score (nSPS) is 21.6. The van der Waals surface area contributed by atoms with E-state index in [4.69, 9.17) is 10.7 Å². The first-order valence-corrected chi connectivity index (χ1v) is 8.69. The van der Waals surface area contributed by atoms with Crippen LogP contribution in [0.5, 0.6) is 0 Å². The Balaban J connectivity index is 2.08. The molecule has 2 atom stereocenters. The summed E-state index contributed by atoms with van der Waals surface area (Å²) in [6.45, 7) is 2.07. The number of rotatable bonds is 5. The van der Waals surface area contributed by atoms with Crippen molar-refractivity contribution >= 4 is 25.6 Å². The lowest BCUT2D eigenvalue weighted by molar-refractivity contribution is 0.0944. The van der Waals surface area contributed by atoms with E-state index in [0.29, 0.717) is 5.92 Å². The molecule has 7 heteroatoms. The molecule has 0 aromatic heterocycles. The Kier molecular flexibility index (Phi) is 4.34. The summed E-state index contributed by atoms with van der Waals surface area (Å²) in [5.74, 6) is -0.948. The van der Waals surface area contributed by atoms with Gasteiger partial charge >= 0.3 is 0 Å². The van der Waals surface area contributed by atoms with Crippen LogP contribution in [0.25, 0.3) is 0 Å². The Morgan fingerprint density at radius 1 is 1.50 bits per heavy atom. The van der Waals surface area contributed by atoms with Crippen LogP contribution in [-0.4, -0.2) is 20.4 Å². The summed E-state index contributed by atoms with van der Waals surface area (Å²) in [4.78, 5) is 11.5. The fourth-order valence-corrected chi connectivity index (χ4v) is 2.95. The molecule has 0 bridgehead atoms.